The predicted molar refractivity (Wildman–Crippen MR) is 109 cm³/mol. The molecule has 2 heterocycles. The number of piperazine rings is 1. The first-order valence-electron chi connectivity index (χ1n) is 9.05. The number of hydrogen-bond donors (Lipinski definition) is 0. The number of nitrogens with zero attached hydrogens (tertiary/aromatic N) is 2. The minimum atomic E-state index is -3.54. The van der Waals surface area contributed by atoms with Gasteiger partial charge in [0.25, 0.3) is 5.91 Å². The summed E-state index contributed by atoms with van der Waals surface area (Å²) in [5.41, 5.74) is 1.08. The Kier molecular flexibility index (Phi) is 5.47. The van der Waals surface area contributed by atoms with Crippen molar-refractivity contribution < 1.29 is 13.2 Å². The number of hydrogen-bond acceptors (Lipinski definition) is 4. The average Bonchev–Trinajstić information content (AvgIpc) is 3.07. The van der Waals surface area contributed by atoms with Crippen LogP contribution in [0.25, 0.3) is 0 Å². The van der Waals surface area contributed by atoms with Gasteiger partial charge in [0.1, 0.15) is 0 Å². The highest BCUT2D eigenvalue weighted by molar-refractivity contribution is 7.89. The van der Waals surface area contributed by atoms with E-state index in [0.717, 1.165) is 10.4 Å². The lowest BCUT2D eigenvalue weighted by atomic mass is 9.87. The number of rotatable bonds is 3. The number of carbonyl (C=O) groups excluding carboxylic acids is 1. The van der Waals surface area contributed by atoms with Gasteiger partial charge in [-0.25, -0.2) is 8.42 Å². The van der Waals surface area contributed by atoms with E-state index in [-0.39, 0.29) is 11.3 Å². The molecule has 1 aliphatic heterocycles. The lowest BCUT2D eigenvalue weighted by molar-refractivity contribution is 0.0703. The van der Waals surface area contributed by atoms with Gasteiger partial charge in [0.2, 0.25) is 10.0 Å². The molecule has 1 amide bonds. The van der Waals surface area contributed by atoms with Crippen LogP contribution in [0.15, 0.2) is 41.3 Å². The van der Waals surface area contributed by atoms with E-state index in [0.29, 0.717) is 36.0 Å². The van der Waals surface area contributed by atoms with Crippen molar-refractivity contribution in [3.05, 3.63) is 51.7 Å². The van der Waals surface area contributed by atoms with Crippen LogP contribution in [0.3, 0.4) is 0 Å². The van der Waals surface area contributed by atoms with E-state index in [1.54, 1.807) is 17.0 Å². The summed E-state index contributed by atoms with van der Waals surface area (Å²) in [5, 5.41) is 0. The van der Waals surface area contributed by atoms with Crippen LogP contribution in [0.1, 0.15) is 40.9 Å². The Labute approximate surface area is 165 Å². The van der Waals surface area contributed by atoms with E-state index in [1.807, 2.05) is 31.2 Å². The monoisotopic (exact) mass is 406 g/mol. The zero-order valence-electron chi connectivity index (χ0n) is 16.2. The van der Waals surface area contributed by atoms with Gasteiger partial charge >= 0.3 is 0 Å². The topological polar surface area (TPSA) is 57.7 Å². The highest BCUT2D eigenvalue weighted by atomic mass is 32.2. The molecule has 0 N–H and O–H groups in total. The average molecular weight is 407 g/mol. The summed E-state index contributed by atoms with van der Waals surface area (Å²) in [6.45, 7) is 9.73. The van der Waals surface area contributed by atoms with Gasteiger partial charge in [-0.2, -0.15) is 4.31 Å². The molecule has 0 aliphatic carbocycles. The van der Waals surface area contributed by atoms with Crippen LogP contribution < -0.4 is 0 Å². The molecule has 7 heteroatoms. The molecule has 1 saturated heterocycles. The number of sulfonamides is 1. The predicted octanol–water partition coefficient (Wildman–Crippen LogP) is 3.50. The molecule has 0 unspecified atom stereocenters. The standard InChI is InChI=1S/C20H26N2O3S2/c1-15-5-10-18(26-15)19(23)21-11-13-22(14-12-21)27(24,25)17-8-6-16(7-9-17)20(2,3)4/h5-10H,11-14H2,1-4H3. The smallest absolute Gasteiger partial charge is 0.264 e. The third-order valence-electron chi connectivity index (χ3n) is 4.84. The van der Waals surface area contributed by atoms with E-state index in [4.69, 9.17) is 0 Å². The normalized spacial score (nSPS) is 16.5. The minimum Gasteiger partial charge on any atom is -0.335 e. The van der Waals surface area contributed by atoms with E-state index in [9.17, 15) is 13.2 Å². The fraction of sp³-hybridized carbons (Fsp3) is 0.450. The molecule has 0 saturated carbocycles. The molecule has 1 aromatic carbocycles. The molecule has 1 aromatic heterocycles. The third kappa shape index (κ3) is 4.25. The van der Waals surface area contributed by atoms with E-state index >= 15 is 0 Å². The molecule has 1 aliphatic rings. The van der Waals surface area contributed by atoms with Crippen molar-refractivity contribution in [1.29, 1.82) is 0 Å². The number of thiophene rings is 1. The van der Waals surface area contributed by atoms with Crippen LogP contribution in [-0.4, -0.2) is 49.7 Å². The van der Waals surface area contributed by atoms with Gasteiger partial charge in [-0.15, -0.1) is 11.3 Å². The van der Waals surface area contributed by atoms with Crippen molar-refractivity contribution >= 4 is 27.3 Å². The Morgan fingerprint density at radius 1 is 0.963 bits per heavy atom. The van der Waals surface area contributed by atoms with Crippen molar-refractivity contribution in [2.24, 2.45) is 0 Å². The van der Waals surface area contributed by atoms with Crippen molar-refractivity contribution in [3.8, 4) is 0 Å². The number of benzene rings is 1. The van der Waals surface area contributed by atoms with E-state index in [2.05, 4.69) is 20.8 Å². The van der Waals surface area contributed by atoms with Crippen molar-refractivity contribution in [2.45, 2.75) is 38.0 Å². The van der Waals surface area contributed by atoms with E-state index in [1.165, 1.54) is 15.6 Å². The first kappa shape index (κ1) is 20.0. The number of aryl methyl sites for hydroxylation is 1. The molecule has 0 atom stereocenters. The van der Waals surface area contributed by atoms with Crippen LogP contribution in [0.5, 0.6) is 0 Å². The summed E-state index contributed by atoms with van der Waals surface area (Å²) in [6.07, 6.45) is 0. The maximum atomic E-state index is 12.9. The van der Waals surface area contributed by atoms with Crippen molar-refractivity contribution in [2.75, 3.05) is 26.2 Å². The molecule has 0 spiro atoms. The van der Waals surface area contributed by atoms with Gasteiger partial charge in [0.15, 0.2) is 0 Å². The molecule has 146 valence electrons. The molecule has 3 rings (SSSR count). The second-order valence-corrected chi connectivity index (χ2v) is 11.1. The van der Waals surface area contributed by atoms with Crippen LogP contribution in [-0.2, 0) is 15.4 Å². The SMILES string of the molecule is Cc1ccc(C(=O)N2CCN(S(=O)(=O)c3ccc(C(C)(C)C)cc3)CC2)s1. The van der Waals surface area contributed by atoms with Crippen LogP contribution in [0.4, 0.5) is 0 Å². The molecular weight excluding hydrogens is 380 g/mol. The first-order chi connectivity index (χ1) is 12.6. The molecule has 0 radical (unpaired) electrons. The summed E-state index contributed by atoms with van der Waals surface area (Å²) in [6, 6.07) is 10.9. The Morgan fingerprint density at radius 3 is 2.04 bits per heavy atom. The molecule has 2 aromatic rings. The summed E-state index contributed by atoms with van der Waals surface area (Å²) in [7, 11) is -3.54. The zero-order valence-corrected chi connectivity index (χ0v) is 17.9. The maximum Gasteiger partial charge on any atom is 0.264 e. The molecule has 0 bridgehead atoms. The second kappa shape index (κ2) is 7.37. The highest BCUT2D eigenvalue weighted by Gasteiger charge is 2.31. The fourth-order valence-electron chi connectivity index (χ4n) is 3.11. The number of carbonyl (C=O) groups is 1. The Hall–Kier alpha value is -1.70. The minimum absolute atomic E-state index is 0.0142. The summed E-state index contributed by atoms with van der Waals surface area (Å²) < 4.78 is 27.3. The Morgan fingerprint density at radius 2 is 1.56 bits per heavy atom. The van der Waals surface area contributed by atoms with E-state index < -0.39 is 10.0 Å². The molecule has 1 fully saturated rings. The third-order valence-corrected chi connectivity index (χ3v) is 7.74. The summed E-state index contributed by atoms with van der Waals surface area (Å²) >= 11 is 1.47. The maximum absolute atomic E-state index is 12.9. The lowest BCUT2D eigenvalue weighted by Crippen LogP contribution is -2.50. The molecule has 27 heavy (non-hydrogen) atoms. The molecule has 5 nitrogen and oxygen atoms in total. The lowest BCUT2D eigenvalue weighted by Gasteiger charge is -2.33. The Balaban J connectivity index is 1.68. The first-order valence-corrected chi connectivity index (χ1v) is 11.3. The van der Waals surface area contributed by atoms with Gasteiger partial charge in [-0.05, 0) is 42.2 Å². The van der Waals surface area contributed by atoms with Gasteiger partial charge in [0, 0.05) is 31.1 Å². The quantitative estimate of drug-likeness (QED) is 0.784. The summed E-state index contributed by atoms with van der Waals surface area (Å²) in [4.78, 5) is 16.4. The zero-order chi connectivity index (χ0) is 19.8. The summed E-state index contributed by atoms with van der Waals surface area (Å²) in [5.74, 6) is -0.0142. The largest absolute Gasteiger partial charge is 0.335 e. The second-order valence-electron chi connectivity index (χ2n) is 7.88. The van der Waals surface area contributed by atoms with Crippen LogP contribution in [0.2, 0.25) is 0 Å². The van der Waals surface area contributed by atoms with Gasteiger partial charge in [-0.1, -0.05) is 32.9 Å². The van der Waals surface area contributed by atoms with Gasteiger partial charge < -0.3 is 4.90 Å². The fourth-order valence-corrected chi connectivity index (χ4v) is 5.37. The molecular formula is C20H26N2O3S2. The van der Waals surface area contributed by atoms with Crippen LogP contribution >= 0.6 is 11.3 Å². The van der Waals surface area contributed by atoms with Crippen molar-refractivity contribution in [1.82, 2.24) is 9.21 Å². The van der Waals surface area contributed by atoms with Gasteiger partial charge in [-0.3, -0.25) is 4.79 Å². The highest BCUT2D eigenvalue weighted by Crippen LogP contribution is 2.25. The van der Waals surface area contributed by atoms with Gasteiger partial charge in [0.05, 0.1) is 9.77 Å². The van der Waals surface area contributed by atoms with Crippen molar-refractivity contribution in [3.63, 3.8) is 0 Å². The van der Waals surface area contributed by atoms with Crippen LogP contribution in [0, 0.1) is 6.92 Å². The number of amides is 1. The Bertz CT molecular complexity index is 917.